The Morgan fingerprint density at radius 2 is 0.824 bits per heavy atom. The minimum absolute atomic E-state index is 0.189. The Morgan fingerprint density at radius 3 is 1.09 bits per heavy atom. The standard InChI is InChI=1S/C18H28F9N3O3Si/c1-5-6-7-8-9-10-11-12-34(28(2)13(31)16(19,20)21,29(3)14(32)17(22,23)24)30(4)15(33)18(25,26)27/h5-12H2,1-4H3. The van der Waals surface area contributed by atoms with Gasteiger partial charge in [-0.25, -0.2) is 0 Å². The molecule has 0 bridgehead atoms. The molecule has 0 spiro atoms. The first-order chi connectivity index (χ1) is 15.3. The van der Waals surface area contributed by atoms with Gasteiger partial charge in [-0.2, -0.15) is 39.5 Å². The van der Waals surface area contributed by atoms with Crippen molar-refractivity contribution in [3.63, 3.8) is 0 Å². The number of nitrogens with zero attached hydrogens (tertiary/aromatic N) is 3. The zero-order chi connectivity index (χ0) is 27.1. The van der Waals surface area contributed by atoms with Crippen LogP contribution in [0, 0.1) is 0 Å². The predicted octanol–water partition coefficient (Wildman–Crippen LogP) is 4.74. The van der Waals surface area contributed by atoms with E-state index in [-0.39, 0.29) is 26.5 Å². The van der Waals surface area contributed by atoms with Gasteiger partial charge >= 0.3 is 44.8 Å². The van der Waals surface area contributed by atoms with Gasteiger partial charge in [0, 0.05) is 21.1 Å². The van der Waals surface area contributed by atoms with E-state index in [1.54, 1.807) is 0 Å². The van der Waals surface area contributed by atoms with Crippen LogP contribution in [0.25, 0.3) is 0 Å². The van der Waals surface area contributed by atoms with Gasteiger partial charge in [-0.3, -0.25) is 14.4 Å². The molecule has 3 amide bonds. The molecule has 0 aliphatic carbocycles. The van der Waals surface area contributed by atoms with Crippen molar-refractivity contribution in [2.75, 3.05) is 21.1 Å². The number of halogens is 9. The third kappa shape index (κ3) is 8.04. The highest BCUT2D eigenvalue weighted by Gasteiger charge is 2.63. The smallest absolute Gasteiger partial charge is 0.330 e. The predicted molar refractivity (Wildman–Crippen MR) is 105 cm³/mol. The van der Waals surface area contributed by atoms with Crippen molar-refractivity contribution >= 4 is 26.3 Å². The summed E-state index contributed by atoms with van der Waals surface area (Å²) in [5, 5.41) is 0. The molecule has 0 heterocycles. The SMILES string of the molecule is CCCCCCCCC[Si](N(C)C(=O)C(F)(F)F)(N(C)C(=O)C(F)(F)F)N(C)C(=O)C(F)(F)F. The Morgan fingerprint density at radius 1 is 0.559 bits per heavy atom. The highest BCUT2D eigenvalue weighted by atomic mass is 28.4. The highest BCUT2D eigenvalue weighted by molar-refractivity contribution is 6.77. The molecule has 0 saturated heterocycles. The van der Waals surface area contributed by atoms with Gasteiger partial charge < -0.3 is 13.7 Å². The summed E-state index contributed by atoms with van der Waals surface area (Å²) in [6.07, 6.45) is -13.4. The van der Waals surface area contributed by atoms with E-state index in [1.165, 1.54) is 0 Å². The van der Waals surface area contributed by atoms with E-state index in [2.05, 4.69) is 0 Å². The Bertz CT molecular complexity index is 633. The Labute approximate surface area is 192 Å². The van der Waals surface area contributed by atoms with Gasteiger partial charge in [-0.1, -0.05) is 51.9 Å². The van der Waals surface area contributed by atoms with Gasteiger partial charge in [0.1, 0.15) is 0 Å². The Kier molecular flexibility index (Phi) is 11.4. The van der Waals surface area contributed by atoms with Crippen molar-refractivity contribution < 1.29 is 53.9 Å². The molecule has 0 radical (unpaired) electrons. The van der Waals surface area contributed by atoms with E-state index in [4.69, 9.17) is 0 Å². The third-order valence-electron chi connectivity index (χ3n) is 5.37. The summed E-state index contributed by atoms with van der Waals surface area (Å²) in [6.45, 7) is 1.94. The molecule has 0 fully saturated rings. The number of carbonyl (C=O) groups is 3. The average molecular weight is 534 g/mol. The first-order valence-corrected chi connectivity index (χ1v) is 12.4. The van der Waals surface area contributed by atoms with E-state index in [9.17, 15) is 53.9 Å². The number of unbranched alkanes of at least 4 members (excludes halogenated alkanes) is 6. The number of alkyl halides is 9. The molecular formula is C18H28F9N3O3Si. The molecule has 0 rings (SSSR count). The average Bonchev–Trinajstić information content (AvgIpc) is 2.70. The van der Waals surface area contributed by atoms with Gasteiger partial charge in [0.25, 0.3) is 0 Å². The van der Waals surface area contributed by atoms with E-state index in [0.29, 0.717) is 34.0 Å². The number of hydrogen-bond donors (Lipinski definition) is 0. The second-order valence-electron chi connectivity index (χ2n) is 7.73. The topological polar surface area (TPSA) is 60.9 Å². The quantitative estimate of drug-likeness (QED) is 0.219. The zero-order valence-corrected chi connectivity index (χ0v) is 20.1. The molecule has 0 unspecified atom stereocenters. The van der Waals surface area contributed by atoms with Crippen molar-refractivity contribution in [3.05, 3.63) is 0 Å². The Hall–Kier alpha value is -2.00. The van der Waals surface area contributed by atoms with Crippen molar-refractivity contribution in [1.29, 1.82) is 0 Å². The van der Waals surface area contributed by atoms with Gasteiger partial charge in [0.05, 0.1) is 0 Å². The summed E-state index contributed by atoms with van der Waals surface area (Å²) in [4.78, 5) is 35.9. The lowest BCUT2D eigenvalue weighted by Crippen LogP contribution is -2.78. The molecule has 0 aromatic heterocycles. The van der Waals surface area contributed by atoms with E-state index < -0.39 is 50.9 Å². The molecule has 0 aromatic rings. The monoisotopic (exact) mass is 533 g/mol. The maximum Gasteiger partial charge on any atom is 0.470 e. The summed E-state index contributed by atoms with van der Waals surface area (Å²) in [5.74, 6) is -8.32. The second kappa shape index (κ2) is 12.1. The fourth-order valence-electron chi connectivity index (χ4n) is 3.56. The lowest BCUT2D eigenvalue weighted by atomic mass is 10.1. The summed E-state index contributed by atoms with van der Waals surface area (Å²) in [5.41, 5.74) is 0. The third-order valence-corrected chi connectivity index (χ3v) is 10.2. The molecular weight excluding hydrogens is 505 g/mol. The van der Waals surface area contributed by atoms with Crippen LogP contribution in [-0.2, 0) is 14.4 Å². The number of rotatable bonds is 11. The van der Waals surface area contributed by atoms with Crippen molar-refractivity contribution in [2.24, 2.45) is 0 Å². The summed E-state index contributed by atoms with van der Waals surface area (Å²) in [7, 11) is -4.36. The van der Waals surface area contributed by atoms with Crippen LogP contribution in [0.2, 0.25) is 6.04 Å². The fourth-order valence-corrected chi connectivity index (χ4v) is 7.99. The van der Waals surface area contributed by atoms with Gasteiger partial charge in [-0.15, -0.1) is 0 Å². The van der Waals surface area contributed by atoms with E-state index >= 15 is 0 Å². The maximum absolute atomic E-state index is 13.2. The van der Waals surface area contributed by atoms with Crippen molar-refractivity contribution in [2.45, 2.75) is 76.4 Å². The number of hydrogen-bond acceptors (Lipinski definition) is 3. The van der Waals surface area contributed by atoms with E-state index in [0.717, 1.165) is 19.3 Å². The molecule has 34 heavy (non-hydrogen) atoms. The normalized spacial score (nSPS) is 13.0. The van der Waals surface area contributed by atoms with Crippen LogP contribution in [0.3, 0.4) is 0 Å². The molecule has 0 N–H and O–H groups in total. The highest BCUT2D eigenvalue weighted by Crippen LogP contribution is 2.34. The molecule has 0 atom stereocenters. The van der Waals surface area contributed by atoms with Crippen LogP contribution in [0.1, 0.15) is 51.9 Å². The summed E-state index contributed by atoms with van der Waals surface area (Å²) >= 11 is 0. The van der Waals surface area contributed by atoms with Crippen LogP contribution in [0.5, 0.6) is 0 Å². The van der Waals surface area contributed by atoms with Gasteiger partial charge in [0.15, 0.2) is 0 Å². The van der Waals surface area contributed by atoms with Crippen molar-refractivity contribution in [3.8, 4) is 0 Å². The largest absolute Gasteiger partial charge is 0.470 e. The molecule has 6 nitrogen and oxygen atoms in total. The van der Waals surface area contributed by atoms with Crippen LogP contribution < -0.4 is 0 Å². The van der Waals surface area contributed by atoms with Crippen LogP contribution >= 0.6 is 0 Å². The van der Waals surface area contributed by atoms with E-state index in [1.807, 2.05) is 6.92 Å². The zero-order valence-electron chi connectivity index (χ0n) is 19.1. The summed E-state index contributed by atoms with van der Waals surface area (Å²) < 4.78 is 118. The molecule has 200 valence electrons. The van der Waals surface area contributed by atoms with Crippen LogP contribution in [0.4, 0.5) is 39.5 Å². The lowest BCUT2D eigenvalue weighted by molar-refractivity contribution is -0.187. The lowest BCUT2D eigenvalue weighted by Gasteiger charge is -2.49. The van der Waals surface area contributed by atoms with Crippen LogP contribution in [-0.4, -0.2) is 79.6 Å². The molecule has 0 saturated carbocycles. The maximum atomic E-state index is 13.2. The second-order valence-corrected chi connectivity index (χ2v) is 11.8. The molecule has 0 aliphatic heterocycles. The summed E-state index contributed by atoms with van der Waals surface area (Å²) in [6, 6.07) is -0.851. The first kappa shape index (κ1) is 32.0. The van der Waals surface area contributed by atoms with Crippen molar-refractivity contribution in [1.82, 2.24) is 13.7 Å². The first-order valence-electron chi connectivity index (χ1n) is 10.3. The molecule has 16 heteroatoms. The van der Waals surface area contributed by atoms with Crippen LogP contribution in [0.15, 0.2) is 0 Å². The molecule has 0 aliphatic rings. The number of amides is 3. The van der Waals surface area contributed by atoms with Gasteiger partial charge in [0.2, 0.25) is 0 Å². The minimum atomic E-state index is -5.68. The molecule has 0 aromatic carbocycles. The van der Waals surface area contributed by atoms with Gasteiger partial charge in [-0.05, 0) is 6.04 Å². The number of carbonyl (C=O) groups excluding carboxylic acids is 3. The minimum Gasteiger partial charge on any atom is -0.330 e. The fraction of sp³-hybridized carbons (Fsp3) is 0.833. The Balaban J connectivity index is 6.53.